The van der Waals surface area contributed by atoms with Crippen LogP contribution < -0.4 is 10.1 Å². The fourth-order valence-corrected chi connectivity index (χ4v) is 2.61. The molecular weight excluding hydrogens is 318 g/mol. The summed E-state index contributed by atoms with van der Waals surface area (Å²) in [4.78, 5) is 13.8. The van der Waals surface area contributed by atoms with E-state index >= 15 is 0 Å². The molecule has 1 aromatic carbocycles. The van der Waals surface area contributed by atoms with Crippen LogP contribution in [-0.2, 0) is 11.3 Å². The van der Waals surface area contributed by atoms with Crippen molar-refractivity contribution in [2.45, 2.75) is 39.3 Å². The number of ether oxygens (including phenoxy) is 2. The smallest absolute Gasteiger partial charge is 0.410 e. The van der Waals surface area contributed by atoms with Crippen LogP contribution >= 0.6 is 0 Å². The molecule has 1 aliphatic rings. The molecule has 1 fully saturated rings. The summed E-state index contributed by atoms with van der Waals surface area (Å²) >= 11 is 0. The van der Waals surface area contributed by atoms with E-state index < -0.39 is 24.3 Å². The van der Waals surface area contributed by atoms with Gasteiger partial charge in [-0.1, -0.05) is 13.8 Å². The Morgan fingerprint density at radius 1 is 1.38 bits per heavy atom. The second kappa shape index (κ2) is 8.82. The van der Waals surface area contributed by atoms with Gasteiger partial charge in [0.25, 0.3) is 0 Å². The third kappa shape index (κ3) is 4.35. The lowest BCUT2D eigenvalue weighted by Crippen LogP contribution is -2.53. The van der Waals surface area contributed by atoms with Crippen molar-refractivity contribution in [2.75, 3.05) is 26.2 Å². The lowest BCUT2D eigenvalue weighted by atomic mass is 10.1. The highest BCUT2D eigenvalue weighted by Gasteiger charge is 2.27. The first-order valence-corrected chi connectivity index (χ1v) is 8.32. The van der Waals surface area contributed by atoms with E-state index in [2.05, 4.69) is 5.32 Å². The van der Waals surface area contributed by atoms with Crippen molar-refractivity contribution >= 4 is 6.09 Å². The molecule has 1 N–H and O–H groups in total. The number of carbonyl (C=O) groups is 1. The average molecular weight is 342 g/mol. The predicted molar refractivity (Wildman–Crippen MR) is 86.0 cm³/mol. The number of hydrogen-bond acceptors (Lipinski definition) is 4. The summed E-state index contributed by atoms with van der Waals surface area (Å²) < 4.78 is 38.6. The number of carbonyl (C=O) groups excluding carboxylic acids is 1. The van der Waals surface area contributed by atoms with Gasteiger partial charge in [-0.3, -0.25) is 0 Å². The monoisotopic (exact) mass is 342 g/mol. The number of halogens is 2. The number of rotatable bonds is 6. The average Bonchev–Trinajstić information content (AvgIpc) is 2.60. The molecule has 1 saturated heterocycles. The second-order valence-electron chi connectivity index (χ2n) is 5.70. The van der Waals surface area contributed by atoms with Crippen LogP contribution in [0.1, 0.15) is 32.3 Å². The summed E-state index contributed by atoms with van der Waals surface area (Å²) in [6.07, 6.45) is 0.940. The molecule has 0 aliphatic carbocycles. The van der Waals surface area contributed by atoms with Gasteiger partial charge in [-0.2, -0.15) is 0 Å². The molecule has 1 heterocycles. The van der Waals surface area contributed by atoms with Gasteiger partial charge in [0.2, 0.25) is 0 Å². The van der Waals surface area contributed by atoms with Crippen LogP contribution in [0.2, 0.25) is 0 Å². The molecule has 1 aliphatic heterocycles. The number of benzene rings is 1. The van der Waals surface area contributed by atoms with Crippen LogP contribution in [-0.4, -0.2) is 43.3 Å². The second-order valence-corrected chi connectivity index (χ2v) is 5.70. The van der Waals surface area contributed by atoms with Crippen LogP contribution in [0.3, 0.4) is 0 Å². The number of amides is 1. The zero-order valence-electron chi connectivity index (χ0n) is 14.1. The van der Waals surface area contributed by atoms with Crippen molar-refractivity contribution in [3.63, 3.8) is 0 Å². The normalized spacial score (nSPS) is 17.7. The zero-order chi connectivity index (χ0) is 17.5. The number of piperazine rings is 1. The van der Waals surface area contributed by atoms with Crippen molar-refractivity contribution < 1.29 is 23.0 Å². The minimum Gasteiger partial charge on any atom is -0.491 e. The van der Waals surface area contributed by atoms with E-state index in [1.807, 2.05) is 13.8 Å². The molecule has 5 nitrogen and oxygen atoms in total. The Balaban J connectivity index is 2.03. The van der Waals surface area contributed by atoms with Crippen molar-refractivity contribution in [3.8, 4) is 5.75 Å². The first-order valence-electron chi connectivity index (χ1n) is 8.32. The maximum absolute atomic E-state index is 14.3. The molecule has 7 heteroatoms. The molecule has 1 amide bonds. The highest BCUT2D eigenvalue weighted by Crippen LogP contribution is 2.24. The zero-order valence-corrected chi connectivity index (χ0v) is 14.1. The van der Waals surface area contributed by atoms with Crippen LogP contribution in [0.15, 0.2) is 12.1 Å². The minimum atomic E-state index is -0.816. The van der Waals surface area contributed by atoms with Gasteiger partial charge in [0.1, 0.15) is 12.4 Å². The summed E-state index contributed by atoms with van der Waals surface area (Å²) in [5.74, 6) is -1.60. The Hall–Kier alpha value is -1.89. The Labute approximate surface area is 140 Å². The molecule has 134 valence electrons. The van der Waals surface area contributed by atoms with E-state index in [0.29, 0.717) is 32.7 Å². The summed E-state index contributed by atoms with van der Waals surface area (Å²) in [5.41, 5.74) is -0.292. The van der Waals surface area contributed by atoms with Crippen molar-refractivity contribution in [1.82, 2.24) is 10.2 Å². The quantitative estimate of drug-likeness (QED) is 0.863. The third-order valence-electron chi connectivity index (χ3n) is 4.01. The molecule has 0 bridgehead atoms. The van der Waals surface area contributed by atoms with Crippen molar-refractivity contribution in [1.29, 1.82) is 0 Å². The molecule has 0 spiro atoms. The maximum Gasteiger partial charge on any atom is 0.410 e. The Bertz CT molecular complexity index is 569. The highest BCUT2D eigenvalue weighted by atomic mass is 19.1. The van der Waals surface area contributed by atoms with E-state index in [1.54, 1.807) is 4.90 Å². The van der Waals surface area contributed by atoms with Crippen molar-refractivity contribution in [2.24, 2.45) is 0 Å². The van der Waals surface area contributed by atoms with Gasteiger partial charge in [0.05, 0.1) is 12.2 Å². The summed E-state index contributed by atoms with van der Waals surface area (Å²) in [7, 11) is 0. The Kier molecular flexibility index (Phi) is 6.78. The molecule has 1 aromatic rings. The van der Waals surface area contributed by atoms with Gasteiger partial charge in [-0.05, 0) is 25.0 Å². The largest absolute Gasteiger partial charge is 0.491 e. The van der Waals surface area contributed by atoms with Crippen molar-refractivity contribution in [3.05, 3.63) is 29.3 Å². The van der Waals surface area contributed by atoms with E-state index in [4.69, 9.17) is 9.47 Å². The SMILES string of the molecule is CCCOc1ccc(F)c(COC(=O)N2CCNCC2CC)c1F. The van der Waals surface area contributed by atoms with Crippen LogP contribution in [0.4, 0.5) is 13.6 Å². The molecule has 1 atom stereocenters. The Morgan fingerprint density at radius 2 is 2.17 bits per heavy atom. The van der Waals surface area contributed by atoms with Gasteiger partial charge >= 0.3 is 6.09 Å². The molecule has 0 aromatic heterocycles. The topological polar surface area (TPSA) is 50.8 Å². The molecular formula is C17H24F2N2O3. The molecule has 2 rings (SSSR count). The first kappa shape index (κ1) is 18.4. The number of nitrogens with one attached hydrogen (secondary N) is 1. The summed E-state index contributed by atoms with van der Waals surface area (Å²) in [5, 5.41) is 3.20. The molecule has 0 saturated carbocycles. The van der Waals surface area contributed by atoms with E-state index in [-0.39, 0.29) is 17.4 Å². The van der Waals surface area contributed by atoms with Gasteiger partial charge in [0, 0.05) is 25.7 Å². The van der Waals surface area contributed by atoms with E-state index in [9.17, 15) is 13.6 Å². The van der Waals surface area contributed by atoms with E-state index in [0.717, 1.165) is 12.5 Å². The number of nitrogens with zero attached hydrogens (tertiary/aromatic N) is 1. The number of hydrogen-bond donors (Lipinski definition) is 1. The predicted octanol–water partition coefficient (Wildman–Crippen LogP) is 3.07. The standard InChI is InChI=1S/C17H24F2N2O3/c1-3-9-23-15-6-5-14(18)13(16(15)19)11-24-17(22)21-8-7-20-10-12(21)4-2/h5-6,12,20H,3-4,7-11H2,1-2H3. The van der Waals surface area contributed by atoms with Crippen LogP contribution in [0.5, 0.6) is 5.75 Å². The summed E-state index contributed by atoms with van der Waals surface area (Å²) in [6, 6.07) is 2.39. The van der Waals surface area contributed by atoms with E-state index in [1.165, 1.54) is 6.07 Å². The minimum absolute atomic E-state index is 0.0279. The van der Waals surface area contributed by atoms with Gasteiger partial charge in [-0.25, -0.2) is 13.6 Å². The maximum atomic E-state index is 14.3. The van der Waals surface area contributed by atoms with Gasteiger partial charge in [0.15, 0.2) is 11.6 Å². The van der Waals surface area contributed by atoms with Crippen LogP contribution in [0.25, 0.3) is 0 Å². The fraction of sp³-hybridized carbons (Fsp3) is 0.588. The first-order chi connectivity index (χ1) is 11.6. The Morgan fingerprint density at radius 3 is 2.88 bits per heavy atom. The lowest BCUT2D eigenvalue weighted by molar-refractivity contribution is 0.0697. The molecule has 1 unspecified atom stereocenters. The third-order valence-corrected chi connectivity index (χ3v) is 4.01. The van der Waals surface area contributed by atoms with Gasteiger partial charge < -0.3 is 19.7 Å². The lowest BCUT2D eigenvalue weighted by Gasteiger charge is -2.34. The molecule has 0 radical (unpaired) electrons. The van der Waals surface area contributed by atoms with Gasteiger partial charge in [-0.15, -0.1) is 0 Å². The van der Waals surface area contributed by atoms with Crippen LogP contribution in [0, 0.1) is 11.6 Å². The fourth-order valence-electron chi connectivity index (χ4n) is 2.61. The molecule has 24 heavy (non-hydrogen) atoms. The highest BCUT2D eigenvalue weighted by molar-refractivity contribution is 5.68. The summed E-state index contributed by atoms with van der Waals surface area (Å²) in [6.45, 7) is 5.62.